The molecule has 1 heterocycles. The van der Waals surface area contributed by atoms with Crippen LogP contribution < -0.4 is 9.47 Å². The highest BCUT2D eigenvalue weighted by molar-refractivity contribution is 5.88. The Hall–Kier alpha value is -3.55. The number of hydrogen-bond acceptors (Lipinski definition) is 5. The second kappa shape index (κ2) is 9.94. The van der Waals surface area contributed by atoms with Crippen molar-refractivity contribution in [3.8, 4) is 11.5 Å². The number of aromatic carboxylic acids is 2. The van der Waals surface area contributed by atoms with Gasteiger partial charge in [-0.05, 0) is 53.9 Å². The van der Waals surface area contributed by atoms with Gasteiger partial charge in [0, 0.05) is 12.8 Å². The standard InChI is InChI=1S/C25H29NO7/c1-25(2,3)13-22(27)26-14-21(33-20-10-6-17(7-11-20)24(30)31)12-18(26)15-32-19-8-4-16(5-9-19)23(28)29/h4-11,18,21H,12-15H2,1-3H3,(H,28,29)(H,30,31)/t18-,21-/m0/s1. The Morgan fingerprint density at radius 1 is 0.909 bits per heavy atom. The summed E-state index contributed by atoms with van der Waals surface area (Å²) in [7, 11) is 0. The molecule has 2 atom stereocenters. The minimum atomic E-state index is -1.01. The fraction of sp³-hybridized carbons (Fsp3) is 0.400. The number of likely N-dealkylation sites (tertiary alicyclic amines) is 1. The molecule has 33 heavy (non-hydrogen) atoms. The van der Waals surface area contributed by atoms with Gasteiger partial charge in [0.1, 0.15) is 24.2 Å². The molecule has 8 nitrogen and oxygen atoms in total. The van der Waals surface area contributed by atoms with Crippen LogP contribution in [0.3, 0.4) is 0 Å². The lowest BCUT2D eigenvalue weighted by molar-refractivity contribution is -0.134. The van der Waals surface area contributed by atoms with Crippen molar-refractivity contribution in [2.24, 2.45) is 5.41 Å². The van der Waals surface area contributed by atoms with Crippen molar-refractivity contribution in [3.05, 3.63) is 59.7 Å². The van der Waals surface area contributed by atoms with E-state index >= 15 is 0 Å². The van der Waals surface area contributed by atoms with Crippen LogP contribution in [0.4, 0.5) is 0 Å². The molecule has 1 aliphatic rings. The molecular formula is C25H29NO7. The molecule has 0 radical (unpaired) electrons. The Kier molecular flexibility index (Phi) is 7.26. The number of nitrogens with zero attached hydrogens (tertiary/aromatic N) is 1. The SMILES string of the molecule is CC(C)(C)CC(=O)N1C[C@@H](Oc2ccc(C(=O)O)cc2)C[C@H]1COc1ccc(C(=O)O)cc1. The van der Waals surface area contributed by atoms with Crippen LogP contribution in [0.15, 0.2) is 48.5 Å². The first kappa shape index (κ1) is 24.1. The summed E-state index contributed by atoms with van der Waals surface area (Å²) in [6.07, 6.45) is 0.688. The number of carbonyl (C=O) groups is 3. The van der Waals surface area contributed by atoms with Crippen LogP contribution in [0.25, 0.3) is 0 Å². The molecule has 3 rings (SSSR count). The molecule has 0 aromatic heterocycles. The van der Waals surface area contributed by atoms with Crippen LogP contribution in [0.5, 0.6) is 11.5 Å². The second-order valence-corrected chi connectivity index (χ2v) is 9.38. The Balaban J connectivity index is 1.68. The van der Waals surface area contributed by atoms with Crippen molar-refractivity contribution in [1.29, 1.82) is 0 Å². The topological polar surface area (TPSA) is 113 Å². The Morgan fingerprint density at radius 3 is 1.91 bits per heavy atom. The van der Waals surface area contributed by atoms with Crippen molar-refractivity contribution in [3.63, 3.8) is 0 Å². The molecule has 0 spiro atoms. The van der Waals surface area contributed by atoms with Crippen LogP contribution in [0.1, 0.15) is 54.3 Å². The lowest BCUT2D eigenvalue weighted by Gasteiger charge is -2.28. The molecule has 2 N–H and O–H groups in total. The van der Waals surface area contributed by atoms with Gasteiger partial charge in [-0.25, -0.2) is 9.59 Å². The summed E-state index contributed by atoms with van der Waals surface area (Å²) in [6, 6.07) is 12.1. The summed E-state index contributed by atoms with van der Waals surface area (Å²) >= 11 is 0. The maximum absolute atomic E-state index is 13.0. The van der Waals surface area contributed by atoms with Gasteiger partial charge in [0.25, 0.3) is 0 Å². The van der Waals surface area contributed by atoms with Crippen LogP contribution in [-0.2, 0) is 4.79 Å². The molecule has 0 unspecified atom stereocenters. The highest BCUT2D eigenvalue weighted by Crippen LogP contribution is 2.28. The van der Waals surface area contributed by atoms with E-state index in [0.29, 0.717) is 30.9 Å². The molecule has 176 valence electrons. The molecule has 1 aliphatic heterocycles. The Labute approximate surface area is 192 Å². The van der Waals surface area contributed by atoms with E-state index in [9.17, 15) is 14.4 Å². The number of carbonyl (C=O) groups excluding carboxylic acids is 1. The molecule has 2 aromatic carbocycles. The maximum atomic E-state index is 13.0. The second-order valence-electron chi connectivity index (χ2n) is 9.38. The normalized spacial score (nSPS) is 18.1. The van der Waals surface area contributed by atoms with E-state index in [-0.39, 0.29) is 41.2 Å². The third kappa shape index (κ3) is 6.71. The average molecular weight is 456 g/mol. The van der Waals surface area contributed by atoms with Crippen molar-refractivity contribution >= 4 is 17.8 Å². The quantitative estimate of drug-likeness (QED) is 0.620. The zero-order valence-electron chi connectivity index (χ0n) is 19.0. The summed E-state index contributed by atoms with van der Waals surface area (Å²) in [6.45, 7) is 6.68. The predicted molar refractivity (Wildman–Crippen MR) is 121 cm³/mol. The number of benzene rings is 2. The largest absolute Gasteiger partial charge is 0.491 e. The average Bonchev–Trinajstić information content (AvgIpc) is 3.14. The van der Waals surface area contributed by atoms with Crippen molar-refractivity contribution in [2.75, 3.05) is 13.2 Å². The van der Waals surface area contributed by atoms with Gasteiger partial charge < -0.3 is 24.6 Å². The van der Waals surface area contributed by atoms with Crippen LogP contribution in [0.2, 0.25) is 0 Å². The van der Waals surface area contributed by atoms with Gasteiger partial charge in [-0.15, -0.1) is 0 Å². The van der Waals surface area contributed by atoms with Gasteiger partial charge >= 0.3 is 11.9 Å². The Morgan fingerprint density at radius 2 is 1.42 bits per heavy atom. The zero-order chi connectivity index (χ0) is 24.2. The van der Waals surface area contributed by atoms with E-state index in [1.54, 1.807) is 29.2 Å². The first-order chi connectivity index (χ1) is 15.5. The number of ether oxygens (including phenoxy) is 2. The van der Waals surface area contributed by atoms with E-state index in [2.05, 4.69) is 0 Å². The molecule has 1 amide bonds. The monoisotopic (exact) mass is 455 g/mol. The molecule has 0 saturated carbocycles. The fourth-order valence-corrected chi connectivity index (χ4v) is 3.73. The minimum absolute atomic E-state index is 0.0182. The zero-order valence-corrected chi connectivity index (χ0v) is 19.0. The van der Waals surface area contributed by atoms with Crippen LogP contribution in [-0.4, -0.2) is 58.3 Å². The minimum Gasteiger partial charge on any atom is -0.491 e. The number of hydrogen-bond donors (Lipinski definition) is 2. The van der Waals surface area contributed by atoms with Gasteiger partial charge in [0.2, 0.25) is 5.91 Å². The maximum Gasteiger partial charge on any atom is 0.335 e. The van der Waals surface area contributed by atoms with E-state index in [1.807, 2.05) is 20.8 Å². The summed E-state index contributed by atoms with van der Waals surface area (Å²) in [5, 5.41) is 18.1. The smallest absolute Gasteiger partial charge is 0.335 e. The van der Waals surface area contributed by atoms with E-state index < -0.39 is 11.9 Å². The van der Waals surface area contributed by atoms with Gasteiger partial charge in [-0.1, -0.05) is 20.8 Å². The van der Waals surface area contributed by atoms with E-state index in [0.717, 1.165) is 0 Å². The van der Waals surface area contributed by atoms with Gasteiger partial charge in [0.15, 0.2) is 0 Å². The fourth-order valence-electron chi connectivity index (χ4n) is 3.73. The summed E-state index contributed by atoms with van der Waals surface area (Å²) < 4.78 is 11.9. The highest BCUT2D eigenvalue weighted by Gasteiger charge is 2.38. The van der Waals surface area contributed by atoms with Crippen molar-refractivity contribution < 1.29 is 34.1 Å². The summed E-state index contributed by atoms with van der Waals surface area (Å²) in [5.41, 5.74) is 0.185. The first-order valence-electron chi connectivity index (χ1n) is 10.8. The third-order valence-corrected chi connectivity index (χ3v) is 5.33. The lowest BCUT2D eigenvalue weighted by Crippen LogP contribution is -2.40. The lowest BCUT2D eigenvalue weighted by atomic mass is 9.91. The summed E-state index contributed by atoms with van der Waals surface area (Å²) in [4.78, 5) is 36.9. The molecule has 0 bridgehead atoms. The third-order valence-electron chi connectivity index (χ3n) is 5.33. The molecule has 1 fully saturated rings. The summed E-state index contributed by atoms with van der Waals surface area (Å²) in [5.74, 6) is -0.928. The van der Waals surface area contributed by atoms with Gasteiger partial charge in [0.05, 0.1) is 23.7 Å². The highest BCUT2D eigenvalue weighted by atomic mass is 16.5. The van der Waals surface area contributed by atoms with Crippen LogP contribution >= 0.6 is 0 Å². The van der Waals surface area contributed by atoms with Crippen molar-refractivity contribution in [1.82, 2.24) is 4.90 Å². The van der Waals surface area contributed by atoms with E-state index in [1.165, 1.54) is 24.3 Å². The van der Waals surface area contributed by atoms with Crippen molar-refractivity contribution in [2.45, 2.75) is 45.8 Å². The predicted octanol–water partition coefficient (Wildman–Crippen LogP) is 3.95. The number of carboxylic acid groups (broad SMARTS) is 2. The Bertz CT molecular complexity index is 993. The molecule has 1 saturated heterocycles. The molecule has 8 heteroatoms. The molecule has 0 aliphatic carbocycles. The van der Waals surface area contributed by atoms with Gasteiger partial charge in [-0.2, -0.15) is 0 Å². The molecule has 2 aromatic rings. The number of amides is 1. The van der Waals surface area contributed by atoms with Crippen LogP contribution in [0, 0.1) is 5.41 Å². The van der Waals surface area contributed by atoms with Gasteiger partial charge in [-0.3, -0.25) is 4.79 Å². The number of rotatable bonds is 8. The first-order valence-corrected chi connectivity index (χ1v) is 10.8. The molecular weight excluding hydrogens is 426 g/mol. The number of carboxylic acids is 2. The van der Waals surface area contributed by atoms with E-state index in [4.69, 9.17) is 19.7 Å².